The second-order valence-electron chi connectivity index (χ2n) is 11.5. The Bertz CT molecular complexity index is 718. The van der Waals surface area contributed by atoms with Gasteiger partial charge in [-0.3, -0.25) is 9.59 Å². The van der Waals surface area contributed by atoms with Gasteiger partial charge in [0.1, 0.15) is 11.9 Å². The van der Waals surface area contributed by atoms with Gasteiger partial charge < -0.3 is 9.16 Å². The van der Waals surface area contributed by atoms with Crippen LogP contribution in [0.2, 0.25) is 18.1 Å². The number of hydrogen-bond acceptors (Lipinski definition) is 5. The van der Waals surface area contributed by atoms with Crippen molar-refractivity contribution in [1.82, 2.24) is 0 Å². The van der Waals surface area contributed by atoms with Crippen molar-refractivity contribution in [2.45, 2.75) is 104 Å². The molecular weight excluding hydrogens is 386 g/mol. The van der Waals surface area contributed by atoms with Crippen molar-refractivity contribution in [2.24, 2.45) is 21.9 Å². The fourth-order valence-corrected chi connectivity index (χ4v) is 5.60. The largest absolute Gasteiger partial charge is 0.462 e. The Hall–Kier alpha value is -1.37. The average Bonchev–Trinajstić information content (AvgIpc) is 2.77. The van der Waals surface area contributed by atoms with Gasteiger partial charge in [0.25, 0.3) is 0 Å². The Morgan fingerprint density at radius 2 is 1.79 bits per heavy atom. The molecule has 0 unspecified atom stereocenters. The van der Waals surface area contributed by atoms with Crippen LogP contribution in [0.3, 0.4) is 0 Å². The zero-order chi connectivity index (χ0) is 22.4. The van der Waals surface area contributed by atoms with Crippen molar-refractivity contribution in [3.63, 3.8) is 0 Å². The van der Waals surface area contributed by atoms with E-state index in [-0.39, 0.29) is 41.3 Å². The predicted octanol–water partition coefficient (Wildman–Crippen LogP) is 5.40. The van der Waals surface area contributed by atoms with Gasteiger partial charge in [0, 0.05) is 29.1 Å². The number of carbonyl (C=O) groups is 2. The first-order valence-corrected chi connectivity index (χ1v) is 13.4. The van der Waals surface area contributed by atoms with Gasteiger partial charge in [0.15, 0.2) is 8.32 Å². The van der Waals surface area contributed by atoms with Crippen LogP contribution in [0.25, 0.3) is 10.4 Å². The first kappa shape index (κ1) is 23.9. The smallest absolute Gasteiger partial charge is 0.311 e. The number of nitrogens with zero attached hydrogens (tertiary/aromatic N) is 3. The van der Waals surface area contributed by atoms with E-state index in [1.165, 1.54) is 0 Å². The molecule has 164 valence electrons. The van der Waals surface area contributed by atoms with Crippen LogP contribution in [0.15, 0.2) is 5.11 Å². The highest BCUT2D eigenvalue weighted by Gasteiger charge is 2.60. The maximum absolute atomic E-state index is 12.7. The van der Waals surface area contributed by atoms with Crippen LogP contribution in [-0.2, 0) is 18.8 Å². The Morgan fingerprint density at radius 3 is 2.28 bits per heavy atom. The molecule has 0 saturated heterocycles. The number of rotatable bonds is 4. The topological polar surface area (TPSA) is 101 Å². The van der Waals surface area contributed by atoms with Gasteiger partial charge in [0.2, 0.25) is 0 Å². The fourth-order valence-electron chi connectivity index (χ4n) is 4.17. The van der Waals surface area contributed by atoms with E-state index in [1.54, 1.807) is 0 Å². The van der Waals surface area contributed by atoms with Crippen LogP contribution in [0.1, 0.15) is 67.7 Å². The third kappa shape index (κ3) is 4.70. The summed E-state index contributed by atoms with van der Waals surface area (Å²) < 4.78 is 12.7. The summed E-state index contributed by atoms with van der Waals surface area (Å²) in [6, 6.07) is -0.694. The molecule has 2 aliphatic carbocycles. The van der Waals surface area contributed by atoms with Crippen molar-refractivity contribution in [3.05, 3.63) is 10.4 Å². The standard InChI is InChI=1S/C21H37N3O4Si/c1-19(2,3)18(26)27-16-11-17(28-29(8,9)20(4,5)6)21(7)12-15(25)14(23-24-22)10-13(16)21/h13-14,16-17H,10-12H2,1-9H3/t13-,14+,16+,17+,21+/m1/s1. The predicted molar refractivity (Wildman–Crippen MR) is 115 cm³/mol. The molecule has 2 aliphatic rings. The van der Waals surface area contributed by atoms with Crippen LogP contribution >= 0.6 is 0 Å². The van der Waals surface area contributed by atoms with E-state index >= 15 is 0 Å². The number of ether oxygens (including phenoxy) is 1. The van der Waals surface area contributed by atoms with Crippen LogP contribution in [-0.4, -0.2) is 38.3 Å². The van der Waals surface area contributed by atoms with E-state index in [0.29, 0.717) is 12.8 Å². The minimum atomic E-state index is -2.09. The Balaban J connectivity index is 2.38. The van der Waals surface area contributed by atoms with E-state index < -0.39 is 25.2 Å². The molecule has 0 aromatic rings. The third-order valence-electron chi connectivity index (χ3n) is 7.19. The van der Waals surface area contributed by atoms with Crippen LogP contribution in [0, 0.1) is 16.7 Å². The summed E-state index contributed by atoms with van der Waals surface area (Å²) in [4.78, 5) is 28.2. The summed E-state index contributed by atoms with van der Waals surface area (Å²) in [5.41, 5.74) is 7.81. The lowest BCUT2D eigenvalue weighted by Gasteiger charge is -2.46. The zero-order valence-corrected chi connectivity index (χ0v) is 20.4. The summed E-state index contributed by atoms with van der Waals surface area (Å²) in [6.07, 6.45) is 0.752. The highest BCUT2D eigenvalue weighted by Crippen LogP contribution is 2.55. The number of ketones is 1. The maximum Gasteiger partial charge on any atom is 0.311 e. The molecule has 2 fully saturated rings. The molecule has 0 spiro atoms. The van der Waals surface area contributed by atoms with Crippen molar-refractivity contribution >= 4 is 20.1 Å². The molecular formula is C21H37N3O4Si. The van der Waals surface area contributed by atoms with Crippen LogP contribution in [0.5, 0.6) is 0 Å². The quantitative estimate of drug-likeness (QED) is 0.198. The van der Waals surface area contributed by atoms with E-state index in [0.717, 1.165) is 0 Å². The number of carbonyl (C=O) groups excluding carboxylic acids is 2. The molecule has 0 aliphatic heterocycles. The molecule has 0 bridgehead atoms. The lowest BCUT2D eigenvalue weighted by molar-refractivity contribution is -0.162. The maximum atomic E-state index is 12.7. The van der Waals surface area contributed by atoms with E-state index in [4.69, 9.17) is 14.7 Å². The first-order chi connectivity index (χ1) is 13.0. The second-order valence-corrected chi connectivity index (χ2v) is 16.3. The number of esters is 1. The number of Topliss-reactive ketones (excluding diaryl/α,β-unsaturated/α-hetero) is 1. The normalized spacial score (nSPS) is 33.1. The Morgan fingerprint density at radius 1 is 1.21 bits per heavy atom. The first-order valence-electron chi connectivity index (χ1n) is 10.5. The Labute approximate surface area is 175 Å². The molecule has 0 heterocycles. The molecule has 29 heavy (non-hydrogen) atoms. The van der Waals surface area contributed by atoms with Gasteiger partial charge in [-0.25, -0.2) is 0 Å². The molecule has 2 saturated carbocycles. The van der Waals surface area contributed by atoms with Gasteiger partial charge in [-0.05, 0) is 50.9 Å². The molecule has 0 aromatic heterocycles. The summed E-state index contributed by atoms with van der Waals surface area (Å²) in [6.45, 7) is 18.5. The van der Waals surface area contributed by atoms with Gasteiger partial charge >= 0.3 is 5.97 Å². The van der Waals surface area contributed by atoms with Crippen molar-refractivity contribution in [1.29, 1.82) is 0 Å². The van der Waals surface area contributed by atoms with Gasteiger partial charge in [-0.1, -0.05) is 32.8 Å². The van der Waals surface area contributed by atoms with E-state index in [9.17, 15) is 9.59 Å². The van der Waals surface area contributed by atoms with E-state index in [1.807, 2.05) is 20.8 Å². The lowest BCUT2D eigenvalue weighted by atomic mass is 9.66. The van der Waals surface area contributed by atoms with Crippen molar-refractivity contribution in [2.75, 3.05) is 0 Å². The zero-order valence-electron chi connectivity index (χ0n) is 19.4. The molecule has 0 aromatic carbocycles. The molecule has 2 rings (SSSR count). The SMILES string of the molecule is CC(C)(C)C(=O)O[C@H]1C[C@H](O[Si](C)(C)C(C)(C)C)[C@@]2(C)CC(=O)[C@@H](N=[N+]=[N-])C[C@H]12. The van der Waals surface area contributed by atoms with Gasteiger partial charge in [0.05, 0.1) is 17.6 Å². The molecule has 0 amide bonds. The summed E-state index contributed by atoms with van der Waals surface area (Å²) >= 11 is 0. The average molecular weight is 424 g/mol. The van der Waals surface area contributed by atoms with Gasteiger partial charge in [-0.15, -0.1) is 0 Å². The molecule has 0 N–H and O–H groups in total. The van der Waals surface area contributed by atoms with Crippen LogP contribution < -0.4 is 0 Å². The van der Waals surface area contributed by atoms with Crippen LogP contribution in [0.4, 0.5) is 0 Å². The summed E-state index contributed by atoms with van der Waals surface area (Å²) in [5.74, 6) is -0.375. The second kappa shape index (κ2) is 7.71. The molecule has 7 nitrogen and oxygen atoms in total. The van der Waals surface area contributed by atoms with Crippen molar-refractivity contribution < 1.29 is 18.8 Å². The highest BCUT2D eigenvalue weighted by molar-refractivity contribution is 6.74. The lowest BCUT2D eigenvalue weighted by Crippen LogP contribution is -2.51. The minimum absolute atomic E-state index is 0.0331. The number of hydrogen-bond donors (Lipinski definition) is 0. The number of azide groups is 1. The minimum Gasteiger partial charge on any atom is -0.462 e. The number of fused-ring (bicyclic) bond motifs is 1. The monoisotopic (exact) mass is 423 g/mol. The van der Waals surface area contributed by atoms with Crippen molar-refractivity contribution in [3.8, 4) is 0 Å². The summed E-state index contributed by atoms with van der Waals surface area (Å²) in [7, 11) is -2.09. The Kier molecular flexibility index (Phi) is 6.35. The van der Waals surface area contributed by atoms with Gasteiger partial charge in [-0.2, -0.15) is 0 Å². The van der Waals surface area contributed by atoms with E-state index in [2.05, 4.69) is 50.8 Å². The summed E-state index contributed by atoms with van der Waals surface area (Å²) in [5, 5.41) is 3.75. The third-order valence-corrected chi connectivity index (χ3v) is 11.7. The fraction of sp³-hybridized carbons (Fsp3) is 0.905. The highest BCUT2D eigenvalue weighted by atomic mass is 28.4. The molecule has 8 heteroatoms. The molecule has 5 atom stereocenters. The molecule has 0 radical (unpaired) electrons.